The van der Waals surface area contributed by atoms with Crippen LogP contribution in [0.2, 0.25) is 0 Å². The molecule has 3 rings (SSSR count). The molecule has 0 aromatic heterocycles. The number of ether oxygens (including phenoxy) is 1. The van der Waals surface area contributed by atoms with Crippen molar-refractivity contribution in [1.29, 1.82) is 0 Å². The van der Waals surface area contributed by atoms with E-state index in [1.165, 1.54) is 12.0 Å². The van der Waals surface area contributed by atoms with E-state index in [2.05, 4.69) is 11.4 Å². The molecule has 1 unspecified atom stereocenters. The minimum Gasteiger partial charge on any atom is -0.497 e. The molecule has 0 saturated carbocycles. The largest absolute Gasteiger partial charge is 0.497 e. The minimum atomic E-state index is 0.271. The highest BCUT2D eigenvalue weighted by molar-refractivity contribution is 5.94. The Hall–Kier alpha value is -1.55. The van der Waals surface area contributed by atoms with E-state index in [9.17, 15) is 4.79 Å². The van der Waals surface area contributed by atoms with Crippen molar-refractivity contribution in [3.8, 4) is 5.75 Å². The molecule has 114 valence electrons. The second kappa shape index (κ2) is 6.48. The van der Waals surface area contributed by atoms with E-state index in [-0.39, 0.29) is 5.91 Å². The molecule has 2 heterocycles. The molecule has 1 saturated heterocycles. The summed E-state index contributed by atoms with van der Waals surface area (Å²) in [6.45, 7) is 3.02. The number of aryl methyl sites for hydroxylation is 1. The van der Waals surface area contributed by atoms with E-state index in [1.807, 2.05) is 17.0 Å². The predicted molar refractivity (Wildman–Crippen MR) is 83.9 cm³/mol. The lowest BCUT2D eigenvalue weighted by atomic mass is 9.99. The van der Waals surface area contributed by atoms with Gasteiger partial charge in [0.15, 0.2) is 0 Å². The van der Waals surface area contributed by atoms with Crippen LogP contribution in [0.25, 0.3) is 0 Å². The highest BCUT2D eigenvalue weighted by atomic mass is 16.5. The van der Waals surface area contributed by atoms with Crippen LogP contribution in [0, 0.1) is 5.92 Å². The molecule has 21 heavy (non-hydrogen) atoms. The molecular formula is C17H24N2O2. The Bertz CT molecular complexity index is 510. The predicted octanol–water partition coefficient (Wildman–Crippen LogP) is 2.36. The van der Waals surface area contributed by atoms with Gasteiger partial charge in [-0.25, -0.2) is 0 Å². The van der Waals surface area contributed by atoms with Gasteiger partial charge in [-0.05, 0) is 68.5 Å². The molecule has 1 atom stereocenters. The lowest BCUT2D eigenvalue weighted by molar-refractivity contribution is -0.119. The number of fused-ring (bicyclic) bond motifs is 1. The smallest absolute Gasteiger partial charge is 0.226 e. The number of rotatable bonds is 4. The van der Waals surface area contributed by atoms with Crippen LogP contribution in [0.5, 0.6) is 5.75 Å². The van der Waals surface area contributed by atoms with Gasteiger partial charge in [0.05, 0.1) is 7.11 Å². The number of carbonyl (C=O) groups is 1. The number of benzene rings is 1. The average Bonchev–Trinajstić information content (AvgIpc) is 3.04. The van der Waals surface area contributed by atoms with Gasteiger partial charge in [0.2, 0.25) is 5.91 Å². The molecule has 2 aliphatic rings. The van der Waals surface area contributed by atoms with Crippen molar-refractivity contribution in [2.45, 2.75) is 32.1 Å². The van der Waals surface area contributed by atoms with Gasteiger partial charge >= 0.3 is 0 Å². The maximum absolute atomic E-state index is 12.5. The van der Waals surface area contributed by atoms with Gasteiger partial charge in [0, 0.05) is 18.7 Å². The van der Waals surface area contributed by atoms with Crippen molar-refractivity contribution in [2.24, 2.45) is 5.92 Å². The summed E-state index contributed by atoms with van der Waals surface area (Å²) in [5.74, 6) is 1.82. The lowest BCUT2D eigenvalue weighted by Crippen LogP contribution is -2.35. The number of hydrogen-bond donors (Lipinski definition) is 1. The van der Waals surface area contributed by atoms with E-state index in [0.29, 0.717) is 12.3 Å². The van der Waals surface area contributed by atoms with Crippen molar-refractivity contribution < 1.29 is 9.53 Å². The summed E-state index contributed by atoms with van der Waals surface area (Å²) in [6, 6.07) is 6.04. The third-order valence-corrected chi connectivity index (χ3v) is 4.64. The van der Waals surface area contributed by atoms with Crippen molar-refractivity contribution in [1.82, 2.24) is 5.32 Å². The van der Waals surface area contributed by atoms with Crippen LogP contribution in [0.3, 0.4) is 0 Å². The Morgan fingerprint density at radius 1 is 1.48 bits per heavy atom. The van der Waals surface area contributed by atoms with E-state index in [4.69, 9.17) is 4.74 Å². The Balaban J connectivity index is 1.67. The second-order valence-corrected chi connectivity index (χ2v) is 6.04. The van der Waals surface area contributed by atoms with Crippen LogP contribution >= 0.6 is 0 Å². The van der Waals surface area contributed by atoms with Crippen molar-refractivity contribution in [3.05, 3.63) is 23.8 Å². The zero-order valence-corrected chi connectivity index (χ0v) is 12.7. The van der Waals surface area contributed by atoms with Crippen LogP contribution in [0.1, 0.15) is 31.2 Å². The lowest BCUT2D eigenvalue weighted by Gasteiger charge is -2.30. The molecule has 4 nitrogen and oxygen atoms in total. The first-order valence-electron chi connectivity index (χ1n) is 7.96. The summed E-state index contributed by atoms with van der Waals surface area (Å²) in [5, 5.41) is 3.37. The molecule has 0 spiro atoms. The van der Waals surface area contributed by atoms with Crippen LogP contribution in [-0.2, 0) is 11.2 Å². The minimum absolute atomic E-state index is 0.271. The van der Waals surface area contributed by atoms with Crippen LogP contribution < -0.4 is 15.0 Å². The Morgan fingerprint density at radius 2 is 2.38 bits per heavy atom. The number of nitrogens with one attached hydrogen (secondary N) is 1. The molecule has 0 bridgehead atoms. The summed E-state index contributed by atoms with van der Waals surface area (Å²) in [5.41, 5.74) is 2.31. The standard InChI is InChI=1S/C17H24N2O2/c1-21-15-5-6-16-14(11-15)3-2-10-19(16)17(20)7-4-13-8-9-18-12-13/h5-6,11,13,18H,2-4,7-10,12H2,1H3. The third-order valence-electron chi connectivity index (χ3n) is 4.64. The third kappa shape index (κ3) is 3.21. The molecule has 1 N–H and O–H groups in total. The summed E-state index contributed by atoms with van der Waals surface area (Å²) in [6.07, 6.45) is 4.95. The first kappa shape index (κ1) is 14.4. The summed E-state index contributed by atoms with van der Waals surface area (Å²) in [4.78, 5) is 14.5. The Labute approximate surface area is 126 Å². The van der Waals surface area contributed by atoms with Gasteiger partial charge in [0.25, 0.3) is 0 Å². The number of hydrogen-bond acceptors (Lipinski definition) is 3. The molecule has 1 aromatic carbocycles. The fourth-order valence-electron chi connectivity index (χ4n) is 3.38. The molecule has 0 radical (unpaired) electrons. The van der Waals surface area contributed by atoms with Gasteiger partial charge in [-0.3, -0.25) is 4.79 Å². The maximum Gasteiger partial charge on any atom is 0.226 e. The zero-order valence-electron chi connectivity index (χ0n) is 12.7. The van der Waals surface area contributed by atoms with Crippen molar-refractivity contribution in [2.75, 3.05) is 31.6 Å². The van der Waals surface area contributed by atoms with Gasteiger partial charge in [-0.1, -0.05) is 0 Å². The van der Waals surface area contributed by atoms with Gasteiger partial charge in [0.1, 0.15) is 5.75 Å². The molecule has 4 heteroatoms. The van der Waals surface area contributed by atoms with Gasteiger partial charge in [-0.15, -0.1) is 0 Å². The van der Waals surface area contributed by atoms with Crippen molar-refractivity contribution in [3.63, 3.8) is 0 Å². The quantitative estimate of drug-likeness (QED) is 0.925. The fraction of sp³-hybridized carbons (Fsp3) is 0.588. The second-order valence-electron chi connectivity index (χ2n) is 6.04. The fourth-order valence-corrected chi connectivity index (χ4v) is 3.38. The Kier molecular flexibility index (Phi) is 4.44. The van der Waals surface area contributed by atoms with Crippen LogP contribution in [0.15, 0.2) is 18.2 Å². The van der Waals surface area contributed by atoms with Crippen LogP contribution in [0.4, 0.5) is 5.69 Å². The average molecular weight is 288 g/mol. The van der Waals surface area contributed by atoms with E-state index in [0.717, 1.165) is 50.3 Å². The number of methoxy groups -OCH3 is 1. The molecular weight excluding hydrogens is 264 g/mol. The number of nitrogens with zero attached hydrogens (tertiary/aromatic N) is 1. The zero-order chi connectivity index (χ0) is 14.7. The maximum atomic E-state index is 12.5. The van der Waals surface area contributed by atoms with Gasteiger partial charge < -0.3 is 15.0 Å². The van der Waals surface area contributed by atoms with Gasteiger partial charge in [-0.2, -0.15) is 0 Å². The van der Waals surface area contributed by atoms with Crippen LogP contribution in [-0.4, -0.2) is 32.7 Å². The molecule has 1 amide bonds. The topological polar surface area (TPSA) is 41.6 Å². The Morgan fingerprint density at radius 3 is 3.14 bits per heavy atom. The number of anilines is 1. The summed E-state index contributed by atoms with van der Waals surface area (Å²) < 4.78 is 5.28. The normalized spacial score (nSPS) is 21.2. The molecule has 1 fully saturated rings. The first-order valence-corrected chi connectivity index (χ1v) is 7.96. The molecule has 0 aliphatic carbocycles. The molecule has 1 aromatic rings. The SMILES string of the molecule is COc1ccc2c(c1)CCCN2C(=O)CCC1CCNC1. The van der Waals surface area contributed by atoms with E-state index in [1.54, 1.807) is 7.11 Å². The monoisotopic (exact) mass is 288 g/mol. The summed E-state index contributed by atoms with van der Waals surface area (Å²) in [7, 11) is 1.68. The first-order chi connectivity index (χ1) is 10.3. The highest BCUT2D eigenvalue weighted by Gasteiger charge is 2.24. The number of amides is 1. The molecule has 2 aliphatic heterocycles. The van der Waals surface area contributed by atoms with Crippen molar-refractivity contribution >= 4 is 11.6 Å². The van der Waals surface area contributed by atoms with E-state index < -0.39 is 0 Å². The van der Waals surface area contributed by atoms with E-state index >= 15 is 0 Å². The summed E-state index contributed by atoms with van der Waals surface area (Å²) >= 11 is 0. The number of carbonyl (C=O) groups excluding carboxylic acids is 1. The highest BCUT2D eigenvalue weighted by Crippen LogP contribution is 2.31.